The molecule has 6 heteroatoms. The lowest BCUT2D eigenvalue weighted by Gasteiger charge is -2.12. The van der Waals surface area contributed by atoms with E-state index in [9.17, 15) is 9.18 Å². The molecule has 3 aromatic rings. The van der Waals surface area contributed by atoms with Crippen molar-refractivity contribution in [2.75, 3.05) is 11.9 Å². The van der Waals surface area contributed by atoms with Gasteiger partial charge in [-0.15, -0.1) is 0 Å². The number of fused-ring (bicyclic) bond motifs is 1. The van der Waals surface area contributed by atoms with Crippen LogP contribution in [0.3, 0.4) is 0 Å². The van der Waals surface area contributed by atoms with E-state index in [0.717, 1.165) is 24.9 Å². The number of rotatable bonds is 6. The molecular weight excluding hydrogens is 321 g/mol. The first kappa shape index (κ1) is 16.8. The van der Waals surface area contributed by atoms with Gasteiger partial charge >= 0.3 is 5.97 Å². The van der Waals surface area contributed by atoms with E-state index >= 15 is 0 Å². The summed E-state index contributed by atoms with van der Waals surface area (Å²) in [4.78, 5) is 20.3. The Morgan fingerprint density at radius 3 is 2.56 bits per heavy atom. The number of halogens is 1. The van der Waals surface area contributed by atoms with E-state index in [0.29, 0.717) is 22.5 Å². The average Bonchev–Trinajstić information content (AvgIpc) is 2.61. The molecule has 0 spiro atoms. The van der Waals surface area contributed by atoms with Crippen molar-refractivity contribution in [3.8, 4) is 11.3 Å². The van der Waals surface area contributed by atoms with Gasteiger partial charge in [-0.3, -0.25) is 0 Å². The zero-order chi connectivity index (χ0) is 17.8. The molecule has 25 heavy (non-hydrogen) atoms. The molecule has 0 saturated heterocycles. The van der Waals surface area contributed by atoms with Crippen LogP contribution in [-0.2, 0) is 0 Å². The first-order valence-corrected chi connectivity index (χ1v) is 8.13. The molecule has 0 atom stereocenters. The van der Waals surface area contributed by atoms with Crippen molar-refractivity contribution in [3.63, 3.8) is 0 Å². The lowest BCUT2D eigenvalue weighted by atomic mass is 10.1. The highest BCUT2D eigenvalue weighted by atomic mass is 19.1. The fourth-order valence-electron chi connectivity index (χ4n) is 2.50. The van der Waals surface area contributed by atoms with Crippen LogP contribution >= 0.6 is 0 Å². The topological polar surface area (TPSA) is 75.1 Å². The van der Waals surface area contributed by atoms with Crippen LogP contribution in [0.5, 0.6) is 0 Å². The fraction of sp³-hybridized carbons (Fsp3) is 0.211. The Bertz CT molecular complexity index is 910. The fourth-order valence-corrected chi connectivity index (χ4v) is 2.50. The number of carbonyl (C=O) groups is 1. The molecule has 0 amide bonds. The number of aromatic carboxylic acids is 1. The SMILES string of the molecule is CCCCNc1nc2cc(C(=O)O)ccc2nc1-c1ccc(F)cc1. The third-order valence-electron chi connectivity index (χ3n) is 3.85. The van der Waals surface area contributed by atoms with Gasteiger partial charge in [-0.05, 0) is 48.9 Å². The van der Waals surface area contributed by atoms with Crippen LogP contribution in [0.15, 0.2) is 42.5 Å². The Morgan fingerprint density at radius 2 is 1.88 bits per heavy atom. The first-order chi connectivity index (χ1) is 12.1. The molecule has 2 aromatic carbocycles. The van der Waals surface area contributed by atoms with Crippen LogP contribution in [0.25, 0.3) is 22.3 Å². The number of aromatic nitrogens is 2. The molecule has 1 heterocycles. The second-order valence-electron chi connectivity index (χ2n) is 5.72. The lowest BCUT2D eigenvalue weighted by molar-refractivity contribution is 0.0697. The molecule has 1 aromatic heterocycles. The molecule has 0 radical (unpaired) electrons. The van der Waals surface area contributed by atoms with Crippen molar-refractivity contribution in [3.05, 3.63) is 53.8 Å². The number of nitrogens with one attached hydrogen (secondary N) is 1. The van der Waals surface area contributed by atoms with Crippen LogP contribution in [-0.4, -0.2) is 27.6 Å². The standard InChI is InChI=1S/C19H18FN3O2/c1-2-3-10-21-18-17(12-4-7-14(20)8-5-12)22-15-9-6-13(19(24)25)11-16(15)23-18/h4-9,11H,2-3,10H2,1H3,(H,21,23)(H,24,25). The van der Waals surface area contributed by atoms with Crippen molar-refractivity contribution in [1.29, 1.82) is 0 Å². The minimum absolute atomic E-state index is 0.163. The number of anilines is 1. The zero-order valence-corrected chi connectivity index (χ0v) is 13.8. The Labute approximate surface area is 144 Å². The number of carboxylic acids is 1. The predicted molar refractivity (Wildman–Crippen MR) is 95.3 cm³/mol. The van der Waals surface area contributed by atoms with Gasteiger partial charge in [0.05, 0.1) is 16.6 Å². The van der Waals surface area contributed by atoms with Gasteiger partial charge in [0.15, 0.2) is 5.82 Å². The molecule has 0 bridgehead atoms. The molecule has 3 rings (SSSR count). The molecular formula is C19H18FN3O2. The summed E-state index contributed by atoms with van der Waals surface area (Å²) in [7, 11) is 0. The summed E-state index contributed by atoms with van der Waals surface area (Å²) in [5.74, 6) is -0.758. The Morgan fingerprint density at radius 1 is 1.12 bits per heavy atom. The van der Waals surface area contributed by atoms with E-state index in [1.165, 1.54) is 24.3 Å². The van der Waals surface area contributed by atoms with Crippen LogP contribution in [0.4, 0.5) is 10.2 Å². The molecule has 0 unspecified atom stereocenters. The Balaban J connectivity index is 2.11. The van der Waals surface area contributed by atoms with Crippen LogP contribution in [0.1, 0.15) is 30.1 Å². The number of hydrogen-bond acceptors (Lipinski definition) is 4. The summed E-state index contributed by atoms with van der Waals surface area (Å²) in [6.45, 7) is 2.82. The summed E-state index contributed by atoms with van der Waals surface area (Å²) in [5, 5.41) is 12.4. The first-order valence-electron chi connectivity index (χ1n) is 8.13. The zero-order valence-electron chi connectivity index (χ0n) is 13.8. The highest BCUT2D eigenvalue weighted by Gasteiger charge is 2.13. The van der Waals surface area contributed by atoms with Crippen molar-refractivity contribution < 1.29 is 14.3 Å². The Hall–Kier alpha value is -3.02. The molecule has 0 saturated carbocycles. The summed E-state index contributed by atoms with van der Waals surface area (Å²) in [5.41, 5.74) is 2.62. The van der Waals surface area contributed by atoms with Gasteiger partial charge in [0, 0.05) is 12.1 Å². The van der Waals surface area contributed by atoms with Crippen molar-refractivity contribution in [1.82, 2.24) is 9.97 Å². The van der Waals surface area contributed by atoms with E-state index in [2.05, 4.69) is 22.2 Å². The largest absolute Gasteiger partial charge is 0.478 e. The number of carboxylic acid groups (broad SMARTS) is 1. The highest BCUT2D eigenvalue weighted by molar-refractivity contribution is 5.93. The van der Waals surface area contributed by atoms with Crippen molar-refractivity contribution in [2.45, 2.75) is 19.8 Å². The van der Waals surface area contributed by atoms with Gasteiger partial charge in [0.25, 0.3) is 0 Å². The summed E-state index contributed by atoms with van der Waals surface area (Å²) in [6.07, 6.45) is 2.00. The van der Waals surface area contributed by atoms with E-state index < -0.39 is 5.97 Å². The molecule has 0 aliphatic heterocycles. The van der Waals surface area contributed by atoms with Crippen LogP contribution in [0.2, 0.25) is 0 Å². The van der Waals surface area contributed by atoms with Crippen LogP contribution < -0.4 is 5.32 Å². The molecule has 0 fully saturated rings. The van der Waals surface area contributed by atoms with Gasteiger partial charge in [-0.25, -0.2) is 19.2 Å². The van der Waals surface area contributed by atoms with Gasteiger partial charge in [0.1, 0.15) is 11.5 Å². The monoisotopic (exact) mass is 339 g/mol. The predicted octanol–water partition coefficient (Wildman–Crippen LogP) is 4.35. The summed E-state index contributed by atoms with van der Waals surface area (Å²) in [6, 6.07) is 10.7. The third kappa shape index (κ3) is 3.74. The average molecular weight is 339 g/mol. The van der Waals surface area contributed by atoms with E-state index in [1.54, 1.807) is 18.2 Å². The lowest BCUT2D eigenvalue weighted by Crippen LogP contribution is -2.07. The molecule has 2 N–H and O–H groups in total. The van der Waals surface area contributed by atoms with E-state index in [-0.39, 0.29) is 11.4 Å². The van der Waals surface area contributed by atoms with Crippen molar-refractivity contribution >= 4 is 22.8 Å². The Kier molecular flexibility index (Phi) is 4.88. The van der Waals surface area contributed by atoms with Gasteiger partial charge in [-0.1, -0.05) is 13.3 Å². The maximum absolute atomic E-state index is 13.2. The minimum Gasteiger partial charge on any atom is -0.478 e. The number of nitrogens with zero attached hydrogens (tertiary/aromatic N) is 2. The second kappa shape index (κ2) is 7.25. The van der Waals surface area contributed by atoms with Gasteiger partial charge in [0.2, 0.25) is 0 Å². The summed E-state index contributed by atoms with van der Waals surface area (Å²) >= 11 is 0. The molecule has 5 nitrogen and oxygen atoms in total. The van der Waals surface area contributed by atoms with Crippen molar-refractivity contribution in [2.24, 2.45) is 0 Å². The number of hydrogen-bond donors (Lipinski definition) is 2. The number of unbranched alkanes of at least 4 members (excludes halogenated alkanes) is 1. The normalized spacial score (nSPS) is 10.8. The second-order valence-corrected chi connectivity index (χ2v) is 5.72. The highest BCUT2D eigenvalue weighted by Crippen LogP contribution is 2.27. The van der Waals surface area contributed by atoms with E-state index in [4.69, 9.17) is 5.11 Å². The third-order valence-corrected chi connectivity index (χ3v) is 3.85. The van der Waals surface area contributed by atoms with E-state index in [1.807, 2.05) is 0 Å². The minimum atomic E-state index is -1.01. The van der Waals surface area contributed by atoms with Crippen LogP contribution in [0, 0.1) is 5.82 Å². The molecule has 0 aliphatic carbocycles. The van der Waals surface area contributed by atoms with Gasteiger partial charge in [-0.2, -0.15) is 0 Å². The maximum Gasteiger partial charge on any atom is 0.335 e. The summed E-state index contributed by atoms with van der Waals surface area (Å²) < 4.78 is 13.2. The molecule has 0 aliphatic rings. The van der Waals surface area contributed by atoms with Gasteiger partial charge < -0.3 is 10.4 Å². The number of benzene rings is 2. The maximum atomic E-state index is 13.2. The molecule has 128 valence electrons. The quantitative estimate of drug-likeness (QED) is 0.653. The smallest absolute Gasteiger partial charge is 0.335 e.